The van der Waals surface area contributed by atoms with E-state index in [-0.39, 0.29) is 18.3 Å². The monoisotopic (exact) mass is 257 g/mol. The molecule has 0 bridgehead atoms. The van der Waals surface area contributed by atoms with E-state index >= 15 is 0 Å². The van der Waals surface area contributed by atoms with Crippen LogP contribution in [-0.4, -0.2) is 9.97 Å². The molecule has 4 nitrogen and oxygen atoms in total. The summed E-state index contributed by atoms with van der Waals surface area (Å²) in [5.41, 5.74) is 5.04. The zero-order valence-electron chi connectivity index (χ0n) is 9.16. The van der Waals surface area contributed by atoms with E-state index < -0.39 is 11.7 Å². The van der Waals surface area contributed by atoms with E-state index in [9.17, 15) is 13.2 Å². The molecule has 1 aromatic heterocycles. The summed E-state index contributed by atoms with van der Waals surface area (Å²) in [6.07, 6.45) is -3.03. The topological polar surface area (TPSA) is 63.9 Å². The Hall–Kier alpha value is -2.18. The van der Waals surface area contributed by atoms with E-state index in [1.807, 2.05) is 0 Å². The van der Waals surface area contributed by atoms with Gasteiger partial charge in [0.15, 0.2) is 5.95 Å². The van der Waals surface area contributed by atoms with E-state index in [1.54, 1.807) is 0 Å². The number of imidazole rings is 1. The highest BCUT2D eigenvalue weighted by Crippen LogP contribution is 2.36. The van der Waals surface area contributed by atoms with Crippen LogP contribution >= 0.6 is 0 Å². The van der Waals surface area contributed by atoms with E-state index in [4.69, 9.17) is 10.5 Å². The van der Waals surface area contributed by atoms with Gasteiger partial charge in [0.25, 0.3) is 0 Å². The first kappa shape index (κ1) is 12.3. The number of alkyl halides is 3. The minimum atomic E-state index is -4.44. The van der Waals surface area contributed by atoms with Crippen LogP contribution in [-0.2, 0) is 12.8 Å². The summed E-state index contributed by atoms with van der Waals surface area (Å²) in [5, 5.41) is 0. The number of aromatic amines is 1. The summed E-state index contributed by atoms with van der Waals surface area (Å²) in [4.78, 5) is 6.38. The smallest absolute Gasteiger partial charge is 0.419 e. The number of ether oxygens (including phenoxy) is 1. The molecule has 7 heteroatoms. The molecule has 0 atom stereocenters. The largest absolute Gasteiger partial charge is 0.487 e. The third-order valence-corrected chi connectivity index (χ3v) is 2.22. The molecule has 1 aromatic carbocycles. The number of benzene rings is 1. The predicted octanol–water partition coefficient (Wildman–Crippen LogP) is 2.59. The van der Waals surface area contributed by atoms with Crippen molar-refractivity contribution in [1.82, 2.24) is 9.97 Å². The molecular formula is C11H10F3N3O. The third kappa shape index (κ3) is 2.73. The van der Waals surface area contributed by atoms with Gasteiger partial charge in [0, 0.05) is 0 Å². The summed E-state index contributed by atoms with van der Waals surface area (Å²) in [5.74, 6) is -0.0316. The SMILES string of the molecule is Nc1ncc(COc2ccccc2C(F)(F)F)[nH]1. The Balaban J connectivity index is 2.14. The minimum Gasteiger partial charge on any atom is -0.487 e. The lowest BCUT2D eigenvalue weighted by atomic mass is 10.2. The fourth-order valence-corrected chi connectivity index (χ4v) is 1.43. The van der Waals surface area contributed by atoms with Crippen LogP contribution < -0.4 is 10.5 Å². The van der Waals surface area contributed by atoms with Gasteiger partial charge in [0.1, 0.15) is 12.4 Å². The van der Waals surface area contributed by atoms with Crippen molar-refractivity contribution in [2.45, 2.75) is 12.8 Å². The highest BCUT2D eigenvalue weighted by atomic mass is 19.4. The molecule has 0 aliphatic carbocycles. The maximum absolute atomic E-state index is 12.7. The van der Waals surface area contributed by atoms with Crippen molar-refractivity contribution >= 4 is 5.95 Å². The quantitative estimate of drug-likeness (QED) is 0.888. The lowest BCUT2D eigenvalue weighted by Crippen LogP contribution is -2.08. The number of aromatic nitrogens is 2. The summed E-state index contributed by atoms with van der Waals surface area (Å²) >= 11 is 0. The lowest BCUT2D eigenvalue weighted by Gasteiger charge is -2.12. The molecule has 96 valence electrons. The van der Waals surface area contributed by atoms with E-state index in [0.29, 0.717) is 5.69 Å². The number of nitrogen functional groups attached to an aromatic ring is 1. The molecule has 0 unspecified atom stereocenters. The Morgan fingerprint density at radius 2 is 2.00 bits per heavy atom. The molecule has 0 aliphatic heterocycles. The normalized spacial score (nSPS) is 11.5. The van der Waals surface area contributed by atoms with Gasteiger partial charge >= 0.3 is 6.18 Å². The Kier molecular flexibility index (Phi) is 3.14. The minimum absolute atomic E-state index is 0.0582. The van der Waals surface area contributed by atoms with Crippen LogP contribution in [0.1, 0.15) is 11.3 Å². The first-order valence-electron chi connectivity index (χ1n) is 5.05. The molecule has 0 aliphatic rings. The molecular weight excluding hydrogens is 247 g/mol. The second-order valence-corrected chi connectivity index (χ2v) is 3.58. The first-order chi connectivity index (χ1) is 8.47. The number of hydrogen-bond donors (Lipinski definition) is 2. The van der Waals surface area contributed by atoms with Gasteiger partial charge in [0.2, 0.25) is 0 Å². The fourth-order valence-electron chi connectivity index (χ4n) is 1.43. The Bertz CT molecular complexity index is 536. The van der Waals surface area contributed by atoms with Gasteiger partial charge < -0.3 is 15.5 Å². The van der Waals surface area contributed by atoms with Crippen LogP contribution in [0.25, 0.3) is 0 Å². The molecule has 1 heterocycles. The van der Waals surface area contributed by atoms with E-state index in [1.165, 1.54) is 24.4 Å². The third-order valence-electron chi connectivity index (χ3n) is 2.22. The number of nitrogens with two attached hydrogens (primary N) is 1. The van der Waals surface area contributed by atoms with Gasteiger partial charge in [-0.05, 0) is 12.1 Å². The molecule has 0 fully saturated rings. The van der Waals surface area contributed by atoms with Crippen molar-refractivity contribution in [1.29, 1.82) is 0 Å². The van der Waals surface area contributed by atoms with Crippen molar-refractivity contribution in [2.75, 3.05) is 5.73 Å². The maximum atomic E-state index is 12.7. The highest BCUT2D eigenvalue weighted by Gasteiger charge is 2.33. The van der Waals surface area contributed by atoms with Gasteiger partial charge in [0.05, 0.1) is 17.5 Å². The van der Waals surface area contributed by atoms with Crippen molar-refractivity contribution < 1.29 is 17.9 Å². The zero-order valence-corrected chi connectivity index (χ0v) is 9.16. The molecule has 18 heavy (non-hydrogen) atoms. The number of H-pyrrole nitrogens is 1. The summed E-state index contributed by atoms with van der Waals surface area (Å²) in [6.45, 7) is -0.0582. The molecule has 2 rings (SSSR count). The van der Waals surface area contributed by atoms with Crippen LogP contribution in [0.4, 0.5) is 19.1 Å². The second kappa shape index (κ2) is 4.59. The second-order valence-electron chi connectivity index (χ2n) is 3.58. The van der Waals surface area contributed by atoms with Gasteiger partial charge in [-0.15, -0.1) is 0 Å². The van der Waals surface area contributed by atoms with Crippen LogP contribution in [0.5, 0.6) is 5.75 Å². The maximum Gasteiger partial charge on any atom is 0.419 e. The predicted molar refractivity (Wildman–Crippen MR) is 58.8 cm³/mol. The number of halogens is 3. The van der Waals surface area contributed by atoms with Crippen LogP contribution in [0.15, 0.2) is 30.5 Å². The molecule has 0 saturated carbocycles. The van der Waals surface area contributed by atoms with Crippen LogP contribution in [0.3, 0.4) is 0 Å². The van der Waals surface area contributed by atoms with E-state index in [0.717, 1.165) is 6.07 Å². The zero-order chi connectivity index (χ0) is 13.2. The number of nitrogens with one attached hydrogen (secondary N) is 1. The summed E-state index contributed by atoms with van der Waals surface area (Å²) < 4.78 is 43.1. The number of nitrogens with zero attached hydrogens (tertiary/aromatic N) is 1. The van der Waals surface area contributed by atoms with Gasteiger partial charge in [-0.25, -0.2) is 4.98 Å². The number of para-hydroxylation sites is 1. The number of rotatable bonds is 3. The van der Waals surface area contributed by atoms with Gasteiger partial charge in [-0.1, -0.05) is 12.1 Å². The molecule has 2 aromatic rings. The van der Waals surface area contributed by atoms with Crippen molar-refractivity contribution in [2.24, 2.45) is 0 Å². The molecule has 0 spiro atoms. The van der Waals surface area contributed by atoms with Crippen molar-refractivity contribution in [3.05, 3.63) is 41.7 Å². The average Bonchev–Trinajstić information content (AvgIpc) is 2.72. The lowest BCUT2D eigenvalue weighted by molar-refractivity contribution is -0.139. The van der Waals surface area contributed by atoms with Crippen molar-refractivity contribution in [3.63, 3.8) is 0 Å². The van der Waals surface area contributed by atoms with Crippen LogP contribution in [0, 0.1) is 0 Å². The first-order valence-corrected chi connectivity index (χ1v) is 5.05. The Morgan fingerprint density at radius 1 is 1.28 bits per heavy atom. The molecule has 0 radical (unpaired) electrons. The van der Waals surface area contributed by atoms with Gasteiger partial charge in [-0.2, -0.15) is 13.2 Å². The number of anilines is 1. The molecule has 0 amide bonds. The standard InChI is InChI=1S/C11H10F3N3O/c12-11(13,14)8-3-1-2-4-9(8)18-6-7-5-16-10(15)17-7/h1-5H,6H2,(H3,15,16,17). The molecule has 0 saturated heterocycles. The summed E-state index contributed by atoms with van der Waals surface area (Å²) in [7, 11) is 0. The average molecular weight is 257 g/mol. The number of hydrogen-bond acceptors (Lipinski definition) is 3. The van der Waals surface area contributed by atoms with Crippen molar-refractivity contribution in [3.8, 4) is 5.75 Å². The Morgan fingerprint density at radius 3 is 2.61 bits per heavy atom. The summed E-state index contributed by atoms with van der Waals surface area (Å²) in [6, 6.07) is 5.02. The van der Waals surface area contributed by atoms with E-state index in [2.05, 4.69) is 9.97 Å². The Labute approximate surface area is 101 Å². The highest BCUT2D eigenvalue weighted by molar-refractivity contribution is 5.35. The fraction of sp³-hybridized carbons (Fsp3) is 0.182. The van der Waals surface area contributed by atoms with Crippen LogP contribution in [0.2, 0.25) is 0 Å². The van der Waals surface area contributed by atoms with Gasteiger partial charge in [-0.3, -0.25) is 0 Å². The molecule has 3 N–H and O–H groups in total.